The standard InChI is InChI=1S/C36H32N4O5S/c1-22-31(20-46-36-37-21-38-39-36)44-35(45-32(22)25-12-10-23(19-41)11-13-25)26-16-14-24(15-17-26)28-7-3-2-6-27(28)18-40-33(42)29-8-4-5-9-30(29)34(40)43/h2-17,21-22,31-32,35,41H,18-20H2,1H3,(H,37,38,39)/t22-,31+,32+,35+/m1/s1. The molecule has 0 saturated carbocycles. The average Bonchev–Trinajstić information content (AvgIpc) is 3.71. The van der Waals surface area contributed by atoms with Crippen molar-refractivity contribution in [2.45, 2.75) is 43.7 Å². The van der Waals surface area contributed by atoms with Crippen molar-refractivity contribution < 1.29 is 24.2 Å². The lowest BCUT2D eigenvalue weighted by Gasteiger charge is -2.41. The van der Waals surface area contributed by atoms with Gasteiger partial charge in [-0.05, 0) is 39.9 Å². The molecule has 0 bridgehead atoms. The lowest BCUT2D eigenvalue weighted by molar-refractivity contribution is -0.268. The van der Waals surface area contributed by atoms with E-state index < -0.39 is 6.29 Å². The monoisotopic (exact) mass is 632 g/mol. The molecule has 0 radical (unpaired) electrons. The number of aromatic amines is 1. The summed E-state index contributed by atoms with van der Waals surface area (Å²) < 4.78 is 13.2. The molecule has 2 N–H and O–H groups in total. The molecule has 2 aliphatic heterocycles. The van der Waals surface area contributed by atoms with Gasteiger partial charge in [0, 0.05) is 17.2 Å². The van der Waals surface area contributed by atoms with Crippen LogP contribution >= 0.6 is 11.8 Å². The van der Waals surface area contributed by atoms with Crippen molar-refractivity contribution in [3.8, 4) is 11.1 Å². The van der Waals surface area contributed by atoms with Crippen molar-refractivity contribution in [2.24, 2.45) is 5.92 Å². The number of H-pyrrole nitrogens is 1. The fourth-order valence-corrected chi connectivity index (χ4v) is 6.99. The van der Waals surface area contributed by atoms with E-state index in [0.717, 1.165) is 38.5 Å². The van der Waals surface area contributed by atoms with Gasteiger partial charge in [-0.1, -0.05) is 104 Å². The number of aliphatic hydroxyl groups excluding tert-OH is 1. The number of thioether (sulfide) groups is 1. The molecule has 3 heterocycles. The molecule has 1 saturated heterocycles. The van der Waals surface area contributed by atoms with E-state index in [4.69, 9.17) is 9.47 Å². The highest BCUT2D eigenvalue weighted by molar-refractivity contribution is 7.99. The number of aromatic nitrogens is 3. The van der Waals surface area contributed by atoms with Crippen molar-refractivity contribution in [2.75, 3.05) is 5.75 Å². The molecule has 10 heteroatoms. The molecular formula is C36H32N4O5S. The molecule has 9 nitrogen and oxygen atoms in total. The van der Waals surface area contributed by atoms with Crippen molar-refractivity contribution in [3.05, 3.63) is 137 Å². The Morgan fingerprint density at radius 1 is 0.826 bits per heavy atom. The minimum Gasteiger partial charge on any atom is -0.392 e. The third-order valence-corrected chi connectivity index (χ3v) is 9.58. The number of nitrogens with one attached hydrogen (secondary N) is 1. The molecule has 2 amide bonds. The molecule has 232 valence electrons. The average molecular weight is 633 g/mol. The van der Waals surface area contributed by atoms with Gasteiger partial charge in [0.25, 0.3) is 11.8 Å². The normalized spacial score (nSPS) is 21.0. The number of amides is 2. The van der Waals surface area contributed by atoms with Crippen LogP contribution in [0.15, 0.2) is 109 Å². The van der Waals surface area contributed by atoms with Crippen molar-refractivity contribution in [1.29, 1.82) is 0 Å². The molecule has 0 aliphatic carbocycles. The Labute approximate surface area is 270 Å². The SMILES string of the molecule is C[C@@H]1[C@H](CSc2ncn[nH]2)O[C@H](c2ccc(-c3ccccc3CN3C(=O)c4ccccc4C3=O)cc2)O[C@@H]1c1ccc(CO)cc1. The van der Waals surface area contributed by atoms with Crippen LogP contribution in [-0.2, 0) is 22.6 Å². The van der Waals surface area contributed by atoms with Gasteiger partial charge in [-0.15, -0.1) is 0 Å². The number of ether oxygens (including phenoxy) is 2. The van der Waals surface area contributed by atoms with E-state index in [-0.39, 0.29) is 43.1 Å². The number of fused-ring (bicyclic) bond motifs is 1. The van der Waals surface area contributed by atoms with Crippen LogP contribution in [0.1, 0.15) is 62.3 Å². The molecule has 5 aromatic rings. The summed E-state index contributed by atoms with van der Waals surface area (Å²) in [4.78, 5) is 31.7. The summed E-state index contributed by atoms with van der Waals surface area (Å²) in [5, 5.41) is 17.1. The van der Waals surface area contributed by atoms with Crippen LogP contribution in [0.3, 0.4) is 0 Å². The molecule has 46 heavy (non-hydrogen) atoms. The summed E-state index contributed by atoms with van der Waals surface area (Å²) in [6.07, 6.45) is 0.509. The van der Waals surface area contributed by atoms with E-state index in [0.29, 0.717) is 16.9 Å². The van der Waals surface area contributed by atoms with E-state index in [2.05, 4.69) is 22.1 Å². The Kier molecular flexibility index (Phi) is 8.51. The maximum Gasteiger partial charge on any atom is 0.261 e. The fourth-order valence-electron chi connectivity index (χ4n) is 6.05. The Morgan fingerprint density at radius 3 is 2.13 bits per heavy atom. The first kappa shape index (κ1) is 30.1. The van der Waals surface area contributed by atoms with Crippen LogP contribution in [0, 0.1) is 5.92 Å². The van der Waals surface area contributed by atoms with Crippen LogP contribution in [-0.4, -0.2) is 48.9 Å². The van der Waals surface area contributed by atoms with E-state index in [1.54, 1.807) is 36.0 Å². The van der Waals surface area contributed by atoms with Crippen molar-refractivity contribution in [1.82, 2.24) is 20.1 Å². The second-order valence-corrected chi connectivity index (χ2v) is 12.5. The number of carbonyl (C=O) groups is 2. The van der Waals surface area contributed by atoms with E-state index >= 15 is 0 Å². The lowest BCUT2D eigenvalue weighted by Crippen LogP contribution is -2.38. The zero-order chi connectivity index (χ0) is 31.6. The summed E-state index contributed by atoms with van der Waals surface area (Å²) in [6.45, 7) is 2.29. The number of benzene rings is 4. The number of imide groups is 1. The van der Waals surface area contributed by atoms with Crippen LogP contribution in [0.4, 0.5) is 0 Å². The number of aliphatic hydroxyl groups is 1. The summed E-state index contributed by atoms with van der Waals surface area (Å²) in [7, 11) is 0. The summed E-state index contributed by atoms with van der Waals surface area (Å²) in [6, 6.07) is 30.6. The highest BCUT2D eigenvalue weighted by atomic mass is 32.2. The minimum absolute atomic E-state index is 0.0166. The van der Waals surface area contributed by atoms with Gasteiger partial charge in [0.15, 0.2) is 11.4 Å². The van der Waals surface area contributed by atoms with Crippen LogP contribution in [0.5, 0.6) is 0 Å². The molecule has 4 aromatic carbocycles. The molecule has 1 aromatic heterocycles. The number of hydrogen-bond donors (Lipinski definition) is 2. The van der Waals surface area contributed by atoms with Crippen LogP contribution in [0.2, 0.25) is 0 Å². The van der Waals surface area contributed by atoms with Gasteiger partial charge in [0.05, 0.1) is 36.5 Å². The molecule has 2 aliphatic rings. The van der Waals surface area contributed by atoms with Gasteiger partial charge in [-0.25, -0.2) is 4.98 Å². The summed E-state index contributed by atoms with van der Waals surface area (Å²) in [5.74, 6) is 0.149. The summed E-state index contributed by atoms with van der Waals surface area (Å²) in [5.41, 5.74) is 6.39. The number of carbonyl (C=O) groups excluding carboxylic acids is 2. The van der Waals surface area contributed by atoms with Crippen molar-refractivity contribution in [3.63, 3.8) is 0 Å². The Morgan fingerprint density at radius 2 is 1.48 bits per heavy atom. The van der Waals surface area contributed by atoms with E-state index in [1.165, 1.54) is 11.2 Å². The number of nitrogens with zero attached hydrogens (tertiary/aromatic N) is 3. The van der Waals surface area contributed by atoms with Gasteiger partial charge >= 0.3 is 0 Å². The maximum atomic E-state index is 13.1. The molecule has 4 atom stereocenters. The highest BCUT2D eigenvalue weighted by Crippen LogP contribution is 2.43. The minimum atomic E-state index is -0.610. The topological polar surface area (TPSA) is 118 Å². The lowest BCUT2D eigenvalue weighted by atomic mass is 9.91. The fraction of sp³-hybridized carbons (Fsp3) is 0.222. The maximum absolute atomic E-state index is 13.1. The van der Waals surface area contributed by atoms with Gasteiger partial charge in [0.2, 0.25) is 0 Å². The van der Waals surface area contributed by atoms with Gasteiger partial charge in [-0.3, -0.25) is 19.6 Å². The molecule has 0 spiro atoms. The van der Waals surface area contributed by atoms with Gasteiger partial charge in [0.1, 0.15) is 6.33 Å². The number of rotatable bonds is 9. The second-order valence-electron chi connectivity index (χ2n) is 11.4. The highest BCUT2D eigenvalue weighted by Gasteiger charge is 2.39. The summed E-state index contributed by atoms with van der Waals surface area (Å²) >= 11 is 1.55. The third-order valence-electron chi connectivity index (χ3n) is 8.62. The van der Waals surface area contributed by atoms with E-state index in [1.807, 2.05) is 72.8 Å². The Hall–Kier alpha value is -4.61. The largest absolute Gasteiger partial charge is 0.392 e. The molecule has 1 fully saturated rings. The second kappa shape index (κ2) is 13.0. The zero-order valence-corrected chi connectivity index (χ0v) is 25.9. The molecule has 0 unspecified atom stereocenters. The smallest absolute Gasteiger partial charge is 0.261 e. The first-order chi connectivity index (χ1) is 22.5. The molecular weight excluding hydrogens is 600 g/mol. The Balaban J connectivity index is 1.13. The first-order valence-corrected chi connectivity index (χ1v) is 16.1. The van der Waals surface area contributed by atoms with Gasteiger partial charge in [-0.2, -0.15) is 5.10 Å². The predicted molar refractivity (Wildman–Crippen MR) is 173 cm³/mol. The third kappa shape index (κ3) is 5.88. The van der Waals surface area contributed by atoms with Crippen LogP contribution < -0.4 is 0 Å². The van der Waals surface area contributed by atoms with Crippen LogP contribution in [0.25, 0.3) is 11.1 Å². The first-order valence-electron chi connectivity index (χ1n) is 15.1. The number of hydrogen-bond acceptors (Lipinski definition) is 8. The quantitative estimate of drug-likeness (QED) is 0.143. The predicted octanol–water partition coefficient (Wildman–Crippen LogP) is 6.34. The zero-order valence-electron chi connectivity index (χ0n) is 25.1. The van der Waals surface area contributed by atoms with Gasteiger partial charge < -0.3 is 14.6 Å². The van der Waals surface area contributed by atoms with E-state index in [9.17, 15) is 14.7 Å². The molecule has 7 rings (SSSR count). The Bertz CT molecular complexity index is 1810. The van der Waals surface area contributed by atoms with Crippen molar-refractivity contribution >= 4 is 23.6 Å².